The topological polar surface area (TPSA) is 54.7 Å². The number of aliphatic imine (C=N–C) groups is 1. The molecule has 2 aromatic rings. The number of rotatable bonds is 6. The fourth-order valence-corrected chi connectivity index (χ4v) is 3.57. The molecule has 0 aliphatic carbocycles. The Labute approximate surface area is 166 Å². The molecule has 152 valence electrons. The fraction of sp³-hybridized carbons (Fsp3) is 0.524. The van der Waals surface area contributed by atoms with Gasteiger partial charge in [0.05, 0.1) is 12.6 Å². The Hall–Kier alpha value is -2.41. The van der Waals surface area contributed by atoms with Crippen LogP contribution in [0.2, 0.25) is 0 Å². The Morgan fingerprint density at radius 2 is 2.07 bits per heavy atom. The lowest BCUT2D eigenvalue weighted by Crippen LogP contribution is -2.50. The number of halogens is 1. The summed E-state index contributed by atoms with van der Waals surface area (Å²) in [5.74, 6) is 1.71. The second-order valence-corrected chi connectivity index (χ2v) is 7.24. The lowest BCUT2D eigenvalue weighted by molar-refractivity contribution is -0.0605. The highest BCUT2D eigenvalue weighted by atomic mass is 19.1. The molecule has 3 rings (SSSR count). The molecule has 1 aliphatic heterocycles. The lowest BCUT2D eigenvalue weighted by Gasteiger charge is -2.38. The number of aromatic nitrogens is 2. The van der Waals surface area contributed by atoms with Crippen LogP contribution in [0.3, 0.4) is 0 Å². The van der Waals surface area contributed by atoms with Crippen molar-refractivity contribution < 1.29 is 9.13 Å². The molecular weight excluding hydrogens is 357 g/mol. The second-order valence-electron chi connectivity index (χ2n) is 7.24. The SMILES string of the molecule is CN=C(NCCCCn1ccnc1C)N1CC(C)OC(c2ccc(F)cc2)C1. The summed E-state index contributed by atoms with van der Waals surface area (Å²) in [4.78, 5) is 10.9. The summed E-state index contributed by atoms with van der Waals surface area (Å²) in [6, 6.07) is 6.56. The highest BCUT2D eigenvalue weighted by molar-refractivity contribution is 5.80. The molecule has 0 bridgehead atoms. The molecule has 6 nitrogen and oxygen atoms in total. The first-order chi connectivity index (χ1) is 13.6. The smallest absolute Gasteiger partial charge is 0.193 e. The first-order valence-corrected chi connectivity index (χ1v) is 9.91. The van der Waals surface area contributed by atoms with E-state index in [0.29, 0.717) is 6.54 Å². The predicted molar refractivity (Wildman–Crippen MR) is 109 cm³/mol. The molecule has 28 heavy (non-hydrogen) atoms. The number of nitrogens with one attached hydrogen (secondary N) is 1. The van der Waals surface area contributed by atoms with Crippen molar-refractivity contribution in [2.75, 3.05) is 26.7 Å². The summed E-state index contributed by atoms with van der Waals surface area (Å²) >= 11 is 0. The summed E-state index contributed by atoms with van der Waals surface area (Å²) in [5, 5.41) is 3.47. The van der Waals surface area contributed by atoms with Crippen LogP contribution in [0.5, 0.6) is 0 Å². The Kier molecular flexibility index (Phi) is 7.03. The maximum absolute atomic E-state index is 13.2. The Morgan fingerprint density at radius 3 is 2.75 bits per heavy atom. The van der Waals surface area contributed by atoms with E-state index in [-0.39, 0.29) is 18.0 Å². The highest BCUT2D eigenvalue weighted by Crippen LogP contribution is 2.25. The van der Waals surface area contributed by atoms with Gasteiger partial charge in [0, 0.05) is 39.1 Å². The molecule has 0 amide bonds. The fourth-order valence-electron chi connectivity index (χ4n) is 3.57. The number of nitrogens with zero attached hydrogens (tertiary/aromatic N) is 4. The van der Waals surface area contributed by atoms with Crippen LogP contribution in [0.4, 0.5) is 4.39 Å². The van der Waals surface area contributed by atoms with E-state index in [1.54, 1.807) is 12.1 Å². The Bertz CT molecular complexity index is 773. The van der Waals surface area contributed by atoms with E-state index in [2.05, 4.69) is 31.7 Å². The molecule has 1 N–H and O–H groups in total. The molecule has 0 radical (unpaired) electrons. The largest absolute Gasteiger partial charge is 0.367 e. The number of unbranched alkanes of at least 4 members (excludes halogenated alkanes) is 1. The summed E-state index contributed by atoms with van der Waals surface area (Å²) in [6.45, 7) is 7.41. The van der Waals surface area contributed by atoms with Crippen LogP contribution in [-0.2, 0) is 11.3 Å². The number of morpholine rings is 1. The molecule has 1 aromatic heterocycles. The van der Waals surface area contributed by atoms with Gasteiger partial charge in [-0.3, -0.25) is 4.99 Å². The molecule has 1 aromatic carbocycles. The second kappa shape index (κ2) is 9.68. The lowest BCUT2D eigenvalue weighted by atomic mass is 10.1. The van der Waals surface area contributed by atoms with Crippen molar-refractivity contribution in [2.45, 2.75) is 45.4 Å². The zero-order valence-electron chi connectivity index (χ0n) is 16.9. The maximum Gasteiger partial charge on any atom is 0.193 e. The molecule has 2 atom stereocenters. The van der Waals surface area contributed by atoms with Crippen molar-refractivity contribution in [3.8, 4) is 0 Å². The van der Waals surface area contributed by atoms with Gasteiger partial charge >= 0.3 is 0 Å². The third-order valence-electron chi connectivity index (χ3n) is 5.05. The summed E-state index contributed by atoms with van der Waals surface area (Å²) < 4.78 is 21.5. The Balaban J connectivity index is 1.50. The molecule has 0 saturated carbocycles. The van der Waals surface area contributed by atoms with Gasteiger partial charge in [-0.05, 0) is 44.4 Å². The van der Waals surface area contributed by atoms with Crippen LogP contribution in [-0.4, -0.2) is 53.2 Å². The average molecular weight is 388 g/mol. The van der Waals surface area contributed by atoms with Crippen molar-refractivity contribution in [1.29, 1.82) is 0 Å². The molecule has 1 saturated heterocycles. The van der Waals surface area contributed by atoms with Gasteiger partial charge in [-0.2, -0.15) is 0 Å². The van der Waals surface area contributed by atoms with Crippen LogP contribution >= 0.6 is 0 Å². The van der Waals surface area contributed by atoms with Gasteiger partial charge in [-0.1, -0.05) is 12.1 Å². The van der Waals surface area contributed by atoms with E-state index >= 15 is 0 Å². The van der Waals surface area contributed by atoms with Crippen LogP contribution in [0.25, 0.3) is 0 Å². The molecule has 1 fully saturated rings. The minimum absolute atomic E-state index is 0.0755. The molecule has 1 aliphatic rings. The summed E-state index contributed by atoms with van der Waals surface area (Å²) in [7, 11) is 1.81. The third-order valence-corrected chi connectivity index (χ3v) is 5.05. The molecule has 2 unspecified atom stereocenters. The van der Waals surface area contributed by atoms with Gasteiger partial charge in [-0.15, -0.1) is 0 Å². The molecule has 7 heteroatoms. The number of hydrogen-bond acceptors (Lipinski definition) is 3. The third kappa shape index (κ3) is 5.32. The normalized spacial score (nSPS) is 20.4. The summed E-state index contributed by atoms with van der Waals surface area (Å²) in [5.41, 5.74) is 0.990. The molecule has 2 heterocycles. The van der Waals surface area contributed by atoms with Gasteiger partial charge in [0.25, 0.3) is 0 Å². The molecular formula is C21H30FN5O. The monoisotopic (exact) mass is 387 g/mol. The van der Waals surface area contributed by atoms with Crippen LogP contribution in [0, 0.1) is 12.7 Å². The van der Waals surface area contributed by atoms with E-state index in [4.69, 9.17) is 4.74 Å². The minimum Gasteiger partial charge on any atom is -0.367 e. The van der Waals surface area contributed by atoms with Gasteiger partial charge in [0.2, 0.25) is 0 Å². The van der Waals surface area contributed by atoms with Crippen molar-refractivity contribution in [3.63, 3.8) is 0 Å². The van der Waals surface area contributed by atoms with Crippen molar-refractivity contribution in [1.82, 2.24) is 19.8 Å². The van der Waals surface area contributed by atoms with E-state index in [0.717, 1.165) is 49.8 Å². The highest BCUT2D eigenvalue weighted by Gasteiger charge is 2.28. The summed E-state index contributed by atoms with van der Waals surface area (Å²) in [6.07, 6.45) is 5.98. The first-order valence-electron chi connectivity index (χ1n) is 9.91. The van der Waals surface area contributed by atoms with Crippen molar-refractivity contribution in [3.05, 3.63) is 53.9 Å². The van der Waals surface area contributed by atoms with Crippen LogP contribution in [0.15, 0.2) is 41.7 Å². The number of imidazole rings is 1. The molecule has 0 spiro atoms. The van der Waals surface area contributed by atoms with E-state index < -0.39 is 0 Å². The minimum atomic E-state index is -0.229. The first kappa shape index (κ1) is 20.3. The average Bonchev–Trinajstić information content (AvgIpc) is 3.09. The predicted octanol–water partition coefficient (Wildman–Crippen LogP) is 3.15. The number of benzene rings is 1. The number of hydrogen-bond donors (Lipinski definition) is 1. The quantitative estimate of drug-likeness (QED) is 0.470. The standard InChI is InChI=1S/C21H30FN5O/c1-16-14-27(15-20(28-16)18-6-8-19(22)9-7-18)21(23-3)25-10-4-5-12-26-13-11-24-17(26)2/h6-9,11,13,16,20H,4-5,10,12,14-15H2,1-3H3,(H,23,25). The van der Waals surface area contributed by atoms with E-state index in [9.17, 15) is 4.39 Å². The van der Waals surface area contributed by atoms with E-state index in [1.807, 2.05) is 26.4 Å². The zero-order chi connectivity index (χ0) is 19.9. The van der Waals surface area contributed by atoms with Crippen LogP contribution < -0.4 is 5.32 Å². The Morgan fingerprint density at radius 1 is 1.29 bits per heavy atom. The van der Waals surface area contributed by atoms with Gasteiger partial charge < -0.3 is 19.5 Å². The maximum atomic E-state index is 13.2. The number of guanidine groups is 1. The van der Waals surface area contributed by atoms with Crippen LogP contribution in [0.1, 0.15) is 37.3 Å². The zero-order valence-corrected chi connectivity index (χ0v) is 16.9. The van der Waals surface area contributed by atoms with Crippen molar-refractivity contribution in [2.24, 2.45) is 4.99 Å². The van der Waals surface area contributed by atoms with E-state index in [1.165, 1.54) is 12.1 Å². The van der Waals surface area contributed by atoms with Gasteiger partial charge in [-0.25, -0.2) is 9.37 Å². The van der Waals surface area contributed by atoms with Gasteiger partial charge in [0.1, 0.15) is 17.7 Å². The van der Waals surface area contributed by atoms with Crippen molar-refractivity contribution >= 4 is 5.96 Å². The number of ether oxygens (including phenoxy) is 1. The number of aryl methyl sites for hydroxylation is 2. The van der Waals surface area contributed by atoms with Gasteiger partial charge in [0.15, 0.2) is 5.96 Å².